The lowest BCUT2D eigenvalue weighted by Gasteiger charge is -2.26. The van der Waals surface area contributed by atoms with E-state index in [1.54, 1.807) is 60.7 Å². The lowest BCUT2D eigenvalue weighted by atomic mass is 9.89. The summed E-state index contributed by atoms with van der Waals surface area (Å²) in [6, 6.07) is 23.0. The van der Waals surface area contributed by atoms with Gasteiger partial charge in [0.1, 0.15) is 11.9 Å². The summed E-state index contributed by atoms with van der Waals surface area (Å²) in [6.07, 6.45) is 3.17. The molecule has 0 aliphatic carbocycles. The van der Waals surface area contributed by atoms with Crippen LogP contribution in [0.2, 0.25) is 0 Å². The van der Waals surface area contributed by atoms with E-state index in [4.69, 9.17) is 19.9 Å². The smallest absolute Gasteiger partial charge is 0.412 e. The largest absolute Gasteiger partial charge is 0.507 e. The second kappa shape index (κ2) is 12.3. The Labute approximate surface area is 237 Å². The number of aromatic hydroxyl groups is 1. The standard InChI is InChI=1S/C32H31N3O6/c1-20(8-2-7-13-30(37)35-26-12-6-5-11-25(26)33)31(24-15-16-27(36)23-10-4-3-9-22(23)24)41-32(38)34-21-14-17-28-29(18-21)40-19-39-28/h3-7,9-18,20,31,36H,2,8,19,33H2,1H3,(H,34,38)(H,35,37)/b13-7+/t20-,31+/m0/s1. The summed E-state index contributed by atoms with van der Waals surface area (Å²) in [5.41, 5.74) is 8.22. The Kier molecular flexibility index (Phi) is 8.24. The monoisotopic (exact) mass is 553 g/mol. The van der Waals surface area contributed by atoms with E-state index in [-0.39, 0.29) is 24.4 Å². The topological polar surface area (TPSA) is 132 Å². The van der Waals surface area contributed by atoms with E-state index < -0.39 is 12.2 Å². The first-order chi connectivity index (χ1) is 19.9. The molecule has 9 nitrogen and oxygen atoms in total. The number of allylic oxidation sites excluding steroid dienone is 1. The van der Waals surface area contributed by atoms with Crippen LogP contribution >= 0.6 is 0 Å². The van der Waals surface area contributed by atoms with E-state index in [1.807, 2.05) is 31.2 Å². The van der Waals surface area contributed by atoms with Crippen molar-refractivity contribution in [2.24, 2.45) is 5.92 Å². The highest BCUT2D eigenvalue weighted by molar-refractivity contribution is 6.01. The van der Waals surface area contributed by atoms with Crippen molar-refractivity contribution in [3.05, 3.63) is 96.6 Å². The van der Waals surface area contributed by atoms with Gasteiger partial charge in [-0.15, -0.1) is 0 Å². The second-order valence-electron chi connectivity index (χ2n) is 9.77. The summed E-state index contributed by atoms with van der Waals surface area (Å²) in [7, 11) is 0. The highest BCUT2D eigenvalue weighted by Crippen LogP contribution is 2.38. The van der Waals surface area contributed by atoms with Crippen LogP contribution in [-0.2, 0) is 9.53 Å². The minimum Gasteiger partial charge on any atom is -0.507 e. The van der Waals surface area contributed by atoms with Gasteiger partial charge in [-0.1, -0.05) is 55.5 Å². The zero-order chi connectivity index (χ0) is 28.8. The van der Waals surface area contributed by atoms with Crippen LogP contribution in [0.1, 0.15) is 31.4 Å². The molecule has 0 saturated heterocycles. The number of carbonyl (C=O) groups excluding carboxylic acids is 2. The molecule has 0 aromatic heterocycles. The summed E-state index contributed by atoms with van der Waals surface area (Å²) >= 11 is 0. The summed E-state index contributed by atoms with van der Waals surface area (Å²) in [5, 5.41) is 17.4. The molecule has 1 aliphatic rings. The summed E-state index contributed by atoms with van der Waals surface area (Å²) in [4.78, 5) is 25.5. The van der Waals surface area contributed by atoms with Crippen molar-refractivity contribution in [1.29, 1.82) is 0 Å². The van der Waals surface area contributed by atoms with E-state index in [0.29, 0.717) is 46.8 Å². The number of carbonyl (C=O) groups is 2. The zero-order valence-corrected chi connectivity index (χ0v) is 22.5. The third-order valence-corrected chi connectivity index (χ3v) is 6.89. The number of phenolic OH excluding ortho intramolecular Hbond substituents is 1. The van der Waals surface area contributed by atoms with Crippen LogP contribution in [0, 0.1) is 5.92 Å². The van der Waals surface area contributed by atoms with Gasteiger partial charge < -0.3 is 30.4 Å². The van der Waals surface area contributed by atoms with Crippen LogP contribution in [0.5, 0.6) is 17.2 Å². The highest BCUT2D eigenvalue weighted by Gasteiger charge is 2.26. The fourth-order valence-corrected chi connectivity index (χ4v) is 4.76. The Balaban J connectivity index is 1.30. The maximum atomic E-state index is 13.1. The third-order valence-electron chi connectivity index (χ3n) is 6.89. The number of hydrogen-bond acceptors (Lipinski definition) is 7. The first-order valence-electron chi connectivity index (χ1n) is 13.3. The van der Waals surface area contributed by atoms with Gasteiger partial charge in [0.15, 0.2) is 11.5 Å². The Morgan fingerprint density at radius 3 is 2.56 bits per heavy atom. The fourth-order valence-electron chi connectivity index (χ4n) is 4.76. The molecule has 9 heteroatoms. The summed E-state index contributed by atoms with van der Waals surface area (Å²) in [5.74, 6) is 0.885. The fraction of sp³-hybridized carbons (Fsp3) is 0.188. The third kappa shape index (κ3) is 6.52. The Hall–Kier alpha value is -5.18. The average molecular weight is 554 g/mol. The Morgan fingerprint density at radius 2 is 1.73 bits per heavy atom. The molecule has 1 aliphatic heterocycles. The number of nitrogens with one attached hydrogen (secondary N) is 2. The zero-order valence-electron chi connectivity index (χ0n) is 22.5. The molecule has 0 fully saturated rings. The molecule has 0 bridgehead atoms. The lowest BCUT2D eigenvalue weighted by molar-refractivity contribution is -0.111. The minimum atomic E-state index is -0.638. The van der Waals surface area contributed by atoms with Crippen molar-refractivity contribution in [2.45, 2.75) is 25.9 Å². The predicted molar refractivity (Wildman–Crippen MR) is 158 cm³/mol. The molecule has 4 aromatic carbocycles. The summed E-state index contributed by atoms with van der Waals surface area (Å²) in [6.45, 7) is 2.12. The molecular formula is C32H31N3O6. The molecule has 2 atom stereocenters. The SMILES string of the molecule is C[C@@H](CC/C=C/C(=O)Nc1ccccc1N)[C@@H](OC(=O)Nc1ccc2c(c1)OCO2)c1ccc(O)c2ccccc12. The number of ether oxygens (including phenoxy) is 3. The van der Waals surface area contributed by atoms with E-state index in [1.165, 1.54) is 6.08 Å². The number of fused-ring (bicyclic) bond motifs is 2. The molecule has 0 spiro atoms. The second-order valence-corrected chi connectivity index (χ2v) is 9.77. The van der Waals surface area contributed by atoms with Crippen molar-refractivity contribution in [3.8, 4) is 17.2 Å². The van der Waals surface area contributed by atoms with Gasteiger partial charge in [0.05, 0.1) is 11.4 Å². The number of nitrogens with two attached hydrogens (primary N) is 1. The molecule has 41 heavy (non-hydrogen) atoms. The van der Waals surface area contributed by atoms with Crippen molar-refractivity contribution in [2.75, 3.05) is 23.2 Å². The number of para-hydroxylation sites is 2. The number of anilines is 3. The van der Waals surface area contributed by atoms with Crippen molar-refractivity contribution in [1.82, 2.24) is 0 Å². The highest BCUT2D eigenvalue weighted by atomic mass is 16.7. The lowest BCUT2D eigenvalue weighted by Crippen LogP contribution is -2.22. The maximum absolute atomic E-state index is 13.1. The van der Waals surface area contributed by atoms with Crippen molar-refractivity contribution in [3.63, 3.8) is 0 Å². The van der Waals surface area contributed by atoms with Crippen LogP contribution in [0.3, 0.4) is 0 Å². The van der Waals surface area contributed by atoms with Gasteiger partial charge in [0.25, 0.3) is 0 Å². The number of amides is 2. The molecule has 5 rings (SSSR count). The van der Waals surface area contributed by atoms with Gasteiger partial charge in [0, 0.05) is 22.7 Å². The number of rotatable bonds is 9. The van der Waals surface area contributed by atoms with Crippen LogP contribution in [0.25, 0.3) is 10.8 Å². The average Bonchev–Trinajstić information content (AvgIpc) is 3.44. The van der Waals surface area contributed by atoms with Gasteiger partial charge in [-0.05, 0) is 60.6 Å². The van der Waals surface area contributed by atoms with Crippen LogP contribution < -0.4 is 25.8 Å². The molecule has 1 heterocycles. The first-order valence-corrected chi connectivity index (χ1v) is 13.3. The van der Waals surface area contributed by atoms with Crippen molar-refractivity contribution < 1.29 is 28.9 Å². The molecule has 4 aromatic rings. The molecular weight excluding hydrogens is 522 g/mol. The molecule has 2 amide bonds. The van der Waals surface area contributed by atoms with Gasteiger partial charge in [-0.2, -0.15) is 0 Å². The number of hydrogen-bond donors (Lipinski definition) is 4. The van der Waals surface area contributed by atoms with E-state index >= 15 is 0 Å². The van der Waals surface area contributed by atoms with Crippen LogP contribution in [-0.4, -0.2) is 23.9 Å². The number of phenols is 1. The van der Waals surface area contributed by atoms with Gasteiger partial charge >= 0.3 is 6.09 Å². The summed E-state index contributed by atoms with van der Waals surface area (Å²) < 4.78 is 16.8. The molecule has 0 saturated carbocycles. The predicted octanol–water partition coefficient (Wildman–Crippen LogP) is 6.76. The number of nitrogen functional groups attached to an aromatic ring is 1. The van der Waals surface area contributed by atoms with Crippen molar-refractivity contribution >= 4 is 39.8 Å². The molecule has 5 N–H and O–H groups in total. The Bertz CT molecular complexity index is 1600. The van der Waals surface area contributed by atoms with Gasteiger partial charge in [0.2, 0.25) is 12.7 Å². The molecule has 210 valence electrons. The van der Waals surface area contributed by atoms with E-state index in [2.05, 4.69) is 10.6 Å². The first kappa shape index (κ1) is 27.4. The normalized spacial score (nSPS) is 13.6. The van der Waals surface area contributed by atoms with Crippen LogP contribution in [0.4, 0.5) is 21.9 Å². The minimum absolute atomic E-state index is 0.132. The quantitative estimate of drug-likeness (QED) is 0.133. The van der Waals surface area contributed by atoms with Gasteiger partial charge in [-0.25, -0.2) is 4.79 Å². The number of benzene rings is 4. The van der Waals surface area contributed by atoms with Crippen LogP contribution in [0.15, 0.2) is 91.0 Å². The van der Waals surface area contributed by atoms with Gasteiger partial charge in [-0.3, -0.25) is 10.1 Å². The van der Waals surface area contributed by atoms with E-state index in [9.17, 15) is 14.7 Å². The van der Waals surface area contributed by atoms with E-state index in [0.717, 1.165) is 10.9 Å². The molecule has 0 radical (unpaired) electrons. The molecule has 0 unspecified atom stereocenters. The Morgan fingerprint density at radius 1 is 0.976 bits per heavy atom. The maximum Gasteiger partial charge on any atom is 0.412 e.